The number of alkyl halides is 5. The number of anilines is 2. The summed E-state index contributed by atoms with van der Waals surface area (Å²) in [6.45, 7) is 1.43. The highest BCUT2D eigenvalue weighted by atomic mass is 19.4. The van der Waals surface area contributed by atoms with Crippen molar-refractivity contribution >= 4 is 29.4 Å². The van der Waals surface area contributed by atoms with Crippen LogP contribution in [0.1, 0.15) is 31.8 Å². The lowest BCUT2D eigenvalue weighted by molar-refractivity contribution is -0.267. The van der Waals surface area contributed by atoms with Gasteiger partial charge in [0.15, 0.2) is 0 Å². The zero-order valence-electron chi connectivity index (χ0n) is 20.8. The van der Waals surface area contributed by atoms with Crippen molar-refractivity contribution < 1.29 is 45.8 Å². The Kier molecular flexibility index (Phi) is 8.52. The molecule has 2 N–H and O–H groups in total. The molecular formula is C26H22F5N3O5. The second kappa shape index (κ2) is 11.5. The number of methoxy groups -OCH3 is 2. The van der Waals surface area contributed by atoms with Crippen LogP contribution in [0.5, 0.6) is 0 Å². The van der Waals surface area contributed by atoms with Gasteiger partial charge in [-0.15, -0.1) is 0 Å². The number of aryl methyl sites for hydroxylation is 1. The van der Waals surface area contributed by atoms with E-state index >= 15 is 0 Å². The second-order valence-corrected chi connectivity index (χ2v) is 8.14. The number of amides is 1. The second-order valence-electron chi connectivity index (χ2n) is 8.14. The van der Waals surface area contributed by atoms with E-state index in [4.69, 9.17) is 9.47 Å². The number of carbonyl (C=O) groups is 3. The van der Waals surface area contributed by atoms with Crippen LogP contribution in [0.4, 0.5) is 33.5 Å². The summed E-state index contributed by atoms with van der Waals surface area (Å²) in [6, 6.07) is 12.3. The Balaban J connectivity index is 1.87. The number of aromatic nitrogens is 1. The largest absolute Gasteiger partial charge is 0.465 e. The van der Waals surface area contributed by atoms with Crippen LogP contribution in [0.25, 0.3) is 11.1 Å². The fraction of sp³-hybridized carbons (Fsp3) is 0.231. The average molecular weight is 551 g/mol. The first-order chi connectivity index (χ1) is 18.3. The first kappa shape index (κ1) is 29.0. The van der Waals surface area contributed by atoms with Gasteiger partial charge in [-0.2, -0.15) is 22.0 Å². The molecule has 0 unspecified atom stereocenters. The molecule has 1 aromatic heterocycles. The maximum atomic E-state index is 13.5. The predicted molar refractivity (Wildman–Crippen MR) is 130 cm³/mol. The zero-order valence-corrected chi connectivity index (χ0v) is 20.8. The molecule has 3 aromatic rings. The van der Waals surface area contributed by atoms with Gasteiger partial charge in [-0.05, 0) is 41.8 Å². The summed E-state index contributed by atoms with van der Waals surface area (Å²) in [4.78, 5) is 40.3. The molecule has 0 spiro atoms. The number of halogens is 5. The van der Waals surface area contributed by atoms with Gasteiger partial charge >= 0.3 is 29.9 Å². The molecule has 2 aromatic carbocycles. The van der Waals surface area contributed by atoms with Crippen LogP contribution in [-0.4, -0.2) is 49.1 Å². The summed E-state index contributed by atoms with van der Waals surface area (Å²) in [6.07, 6.45) is -4.78. The summed E-state index contributed by atoms with van der Waals surface area (Å²) in [7, 11) is 2.40. The predicted octanol–water partition coefficient (Wildman–Crippen LogP) is 5.38. The number of pyridine rings is 1. The molecule has 13 heteroatoms. The summed E-state index contributed by atoms with van der Waals surface area (Å²) < 4.78 is 74.4. The van der Waals surface area contributed by atoms with Gasteiger partial charge in [-0.3, -0.25) is 4.79 Å². The minimum Gasteiger partial charge on any atom is -0.465 e. The van der Waals surface area contributed by atoms with Crippen molar-refractivity contribution in [1.29, 1.82) is 0 Å². The molecule has 3 rings (SSSR count). The highest BCUT2D eigenvalue weighted by molar-refractivity contribution is 6.06. The van der Waals surface area contributed by atoms with Crippen LogP contribution in [0.15, 0.2) is 54.7 Å². The van der Waals surface area contributed by atoms with Gasteiger partial charge in [-0.1, -0.05) is 30.3 Å². The molecule has 206 valence electrons. The fourth-order valence-corrected chi connectivity index (χ4v) is 3.57. The van der Waals surface area contributed by atoms with E-state index in [1.165, 1.54) is 51.6 Å². The standard InChI is InChI=1S/C26H22F5N3O5/c1-14-11-12-32-21(20(14)34-24(37)25(27,28)26(29,30)31)33-13-15-7-9-16(10-8-15)19-17(22(35)38-2)5-4-6-18(19)23(36)39-3/h4-12H,13H2,1-3H3,(H,32,33)(H,34,37). The molecule has 0 aliphatic carbocycles. The molecule has 0 saturated heterocycles. The van der Waals surface area contributed by atoms with E-state index in [0.29, 0.717) is 11.1 Å². The van der Waals surface area contributed by atoms with Crippen LogP contribution in [-0.2, 0) is 20.8 Å². The number of rotatable bonds is 8. The molecular weight excluding hydrogens is 529 g/mol. The lowest BCUT2D eigenvalue weighted by Gasteiger charge is -2.20. The third-order valence-corrected chi connectivity index (χ3v) is 5.62. The quantitative estimate of drug-likeness (QED) is 0.286. The van der Waals surface area contributed by atoms with Crippen LogP contribution < -0.4 is 10.6 Å². The van der Waals surface area contributed by atoms with E-state index in [2.05, 4.69) is 10.3 Å². The summed E-state index contributed by atoms with van der Waals surface area (Å²) >= 11 is 0. The van der Waals surface area contributed by atoms with Crippen molar-refractivity contribution in [1.82, 2.24) is 4.98 Å². The first-order valence-electron chi connectivity index (χ1n) is 11.2. The van der Waals surface area contributed by atoms with E-state index in [1.807, 2.05) is 0 Å². The molecule has 0 fully saturated rings. The number of hydrogen-bond acceptors (Lipinski definition) is 7. The number of nitrogens with zero attached hydrogens (tertiary/aromatic N) is 1. The highest BCUT2D eigenvalue weighted by Gasteiger charge is 2.63. The maximum Gasteiger partial charge on any atom is 0.463 e. The molecule has 0 atom stereocenters. The van der Waals surface area contributed by atoms with Gasteiger partial charge in [0.1, 0.15) is 5.82 Å². The number of benzene rings is 2. The van der Waals surface area contributed by atoms with Gasteiger partial charge in [0, 0.05) is 18.3 Å². The highest BCUT2D eigenvalue weighted by Crippen LogP contribution is 2.37. The van der Waals surface area contributed by atoms with E-state index < -0.39 is 29.9 Å². The van der Waals surface area contributed by atoms with Crippen LogP contribution in [0.2, 0.25) is 0 Å². The van der Waals surface area contributed by atoms with Crippen molar-refractivity contribution in [2.75, 3.05) is 24.9 Å². The van der Waals surface area contributed by atoms with E-state index in [1.54, 1.807) is 29.6 Å². The SMILES string of the molecule is COC(=O)c1cccc(C(=O)OC)c1-c1ccc(CNc2nccc(C)c2NC(=O)C(F)(F)C(F)(F)F)cc1. The third-order valence-electron chi connectivity index (χ3n) is 5.62. The molecule has 39 heavy (non-hydrogen) atoms. The average Bonchev–Trinajstić information content (AvgIpc) is 2.91. The van der Waals surface area contributed by atoms with Crippen LogP contribution in [0.3, 0.4) is 0 Å². The first-order valence-corrected chi connectivity index (χ1v) is 11.2. The molecule has 1 heterocycles. The number of hydrogen-bond donors (Lipinski definition) is 2. The molecule has 0 radical (unpaired) electrons. The molecule has 0 aliphatic rings. The number of ether oxygens (including phenoxy) is 2. The monoisotopic (exact) mass is 551 g/mol. The summed E-state index contributed by atoms with van der Waals surface area (Å²) in [5.74, 6) is -9.61. The molecule has 0 saturated carbocycles. The van der Waals surface area contributed by atoms with Crippen LogP contribution >= 0.6 is 0 Å². The van der Waals surface area contributed by atoms with Crippen molar-refractivity contribution in [2.24, 2.45) is 0 Å². The Morgan fingerprint density at radius 1 is 0.872 bits per heavy atom. The van der Waals surface area contributed by atoms with Crippen molar-refractivity contribution in [3.05, 3.63) is 77.0 Å². The zero-order chi connectivity index (χ0) is 29.0. The lowest BCUT2D eigenvalue weighted by Crippen LogP contribution is -2.47. The van der Waals surface area contributed by atoms with E-state index in [-0.39, 0.29) is 40.3 Å². The molecule has 0 aliphatic heterocycles. The van der Waals surface area contributed by atoms with E-state index in [9.17, 15) is 36.3 Å². The molecule has 0 bridgehead atoms. The normalized spacial score (nSPS) is 11.5. The van der Waals surface area contributed by atoms with Crippen molar-refractivity contribution in [3.63, 3.8) is 0 Å². The van der Waals surface area contributed by atoms with Gasteiger partial charge in [-0.25, -0.2) is 14.6 Å². The van der Waals surface area contributed by atoms with Crippen LogP contribution in [0, 0.1) is 6.92 Å². The summed E-state index contributed by atoms with van der Waals surface area (Å²) in [5, 5.41) is 4.42. The summed E-state index contributed by atoms with van der Waals surface area (Å²) in [5.41, 5.74) is 1.50. The van der Waals surface area contributed by atoms with Crippen molar-refractivity contribution in [2.45, 2.75) is 25.6 Å². The Labute approximate surface area is 219 Å². The fourth-order valence-electron chi connectivity index (χ4n) is 3.57. The molecule has 8 nitrogen and oxygen atoms in total. The third kappa shape index (κ3) is 6.13. The Morgan fingerprint density at radius 3 is 1.95 bits per heavy atom. The Hall–Kier alpha value is -4.55. The number of esters is 2. The van der Waals surface area contributed by atoms with Crippen molar-refractivity contribution in [3.8, 4) is 11.1 Å². The Bertz CT molecular complexity index is 1360. The molecule has 1 amide bonds. The van der Waals surface area contributed by atoms with Gasteiger partial charge < -0.3 is 20.1 Å². The lowest BCUT2D eigenvalue weighted by atomic mass is 9.93. The minimum absolute atomic E-state index is 0.0256. The number of carbonyl (C=O) groups excluding carboxylic acids is 3. The van der Waals surface area contributed by atoms with E-state index in [0.717, 1.165) is 0 Å². The Morgan fingerprint density at radius 2 is 1.44 bits per heavy atom. The smallest absolute Gasteiger partial charge is 0.463 e. The minimum atomic E-state index is -6.07. The van der Waals surface area contributed by atoms with Gasteiger partial charge in [0.05, 0.1) is 31.0 Å². The van der Waals surface area contributed by atoms with Gasteiger partial charge in [0.25, 0.3) is 0 Å². The van der Waals surface area contributed by atoms with Gasteiger partial charge in [0.2, 0.25) is 0 Å². The maximum absolute atomic E-state index is 13.5. The topological polar surface area (TPSA) is 107 Å². The number of nitrogens with one attached hydrogen (secondary N) is 2.